The zero-order chi connectivity index (χ0) is 18.3. The Bertz CT molecular complexity index is 940. The van der Waals surface area contributed by atoms with E-state index in [1.165, 1.54) is 0 Å². The van der Waals surface area contributed by atoms with Gasteiger partial charge in [-0.05, 0) is 27.2 Å². The van der Waals surface area contributed by atoms with E-state index in [1.807, 2.05) is 18.4 Å². The van der Waals surface area contributed by atoms with Gasteiger partial charge >= 0.3 is 0 Å². The minimum absolute atomic E-state index is 0.657. The van der Waals surface area contributed by atoms with Gasteiger partial charge < -0.3 is 9.80 Å². The van der Waals surface area contributed by atoms with Gasteiger partial charge in [0.05, 0.1) is 0 Å². The fourth-order valence-corrected chi connectivity index (χ4v) is 3.49. The molecule has 1 aliphatic rings. The van der Waals surface area contributed by atoms with Crippen LogP contribution in [0.3, 0.4) is 0 Å². The highest BCUT2D eigenvalue weighted by molar-refractivity contribution is 5.55. The molecular formula is C18H24N8. The summed E-state index contributed by atoms with van der Waals surface area (Å²) in [4.78, 5) is 22.6. The molecule has 0 aromatic carbocycles. The average molecular weight is 352 g/mol. The first kappa shape index (κ1) is 16.7. The van der Waals surface area contributed by atoms with Crippen LogP contribution in [0, 0.1) is 20.8 Å². The quantitative estimate of drug-likeness (QED) is 0.710. The van der Waals surface area contributed by atoms with E-state index in [0.717, 1.165) is 67.0 Å². The maximum absolute atomic E-state index is 4.64. The molecule has 0 spiro atoms. The highest BCUT2D eigenvalue weighted by Gasteiger charge is 2.23. The monoisotopic (exact) mass is 352 g/mol. The van der Waals surface area contributed by atoms with Crippen LogP contribution in [-0.2, 0) is 6.42 Å². The Kier molecular flexibility index (Phi) is 4.18. The third-order valence-electron chi connectivity index (χ3n) is 5.02. The largest absolute Gasteiger partial charge is 0.353 e. The third kappa shape index (κ3) is 2.85. The maximum Gasteiger partial charge on any atom is 0.254 e. The van der Waals surface area contributed by atoms with Crippen LogP contribution < -0.4 is 9.80 Å². The summed E-state index contributed by atoms with van der Waals surface area (Å²) in [6.45, 7) is 11.9. The number of aryl methyl sites for hydroxylation is 3. The second-order valence-electron chi connectivity index (χ2n) is 6.71. The molecule has 4 heterocycles. The lowest BCUT2D eigenvalue weighted by Crippen LogP contribution is -2.47. The maximum atomic E-state index is 4.64. The molecule has 0 atom stereocenters. The Morgan fingerprint density at radius 1 is 0.962 bits per heavy atom. The molecule has 3 aromatic heterocycles. The highest BCUT2D eigenvalue weighted by Crippen LogP contribution is 2.24. The van der Waals surface area contributed by atoms with Crippen LogP contribution in [0.5, 0.6) is 0 Å². The Hall–Kier alpha value is -2.77. The van der Waals surface area contributed by atoms with Crippen LogP contribution in [0.25, 0.3) is 5.78 Å². The number of aromatic nitrogens is 6. The molecule has 0 bridgehead atoms. The van der Waals surface area contributed by atoms with E-state index in [0.29, 0.717) is 5.78 Å². The molecule has 4 rings (SSSR count). The van der Waals surface area contributed by atoms with Crippen LogP contribution in [0.15, 0.2) is 12.4 Å². The van der Waals surface area contributed by atoms with Gasteiger partial charge in [-0.3, -0.25) is 0 Å². The molecule has 1 aliphatic heterocycles. The molecule has 0 aliphatic carbocycles. The van der Waals surface area contributed by atoms with Crippen molar-refractivity contribution in [2.45, 2.75) is 34.1 Å². The number of anilines is 2. The van der Waals surface area contributed by atoms with Crippen molar-refractivity contribution < 1.29 is 0 Å². The second-order valence-corrected chi connectivity index (χ2v) is 6.71. The molecule has 26 heavy (non-hydrogen) atoms. The summed E-state index contributed by atoms with van der Waals surface area (Å²) in [6, 6.07) is 2.11. The van der Waals surface area contributed by atoms with E-state index in [1.54, 1.807) is 6.33 Å². The van der Waals surface area contributed by atoms with Gasteiger partial charge in [-0.15, -0.1) is 0 Å². The molecule has 0 saturated carbocycles. The summed E-state index contributed by atoms with van der Waals surface area (Å²) in [5, 5.41) is 4.37. The minimum atomic E-state index is 0.657. The van der Waals surface area contributed by atoms with E-state index >= 15 is 0 Å². The Labute approximate surface area is 152 Å². The summed E-state index contributed by atoms with van der Waals surface area (Å²) < 4.78 is 1.85. The fourth-order valence-electron chi connectivity index (χ4n) is 3.49. The Morgan fingerprint density at radius 3 is 2.42 bits per heavy atom. The first-order chi connectivity index (χ1) is 12.6. The van der Waals surface area contributed by atoms with Crippen molar-refractivity contribution in [2.24, 2.45) is 0 Å². The third-order valence-corrected chi connectivity index (χ3v) is 5.02. The van der Waals surface area contributed by atoms with Crippen molar-refractivity contribution in [1.29, 1.82) is 0 Å². The normalized spacial score (nSPS) is 15.1. The first-order valence-corrected chi connectivity index (χ1v) is 9.08. The van der Waals surface area contributed by atoms with Crippen LogP contribution in [0.2, 0.25) is 0 Å². The van der Waals surface area contributed by atoms with Crippen molar-refractivity contribution in [2.75, 3.05) is 36.0 Å². The topological polar surface area (TPSA) is 75.3 Å². The molecule has 1 saturated heterocycles. The van der Waals surface area contributed by atoms with Gasteiger partial charge in [-0.25, -0.2) is 15.0 Å². The van der Waals surface area contributed by atoms with E-state index in [2.05, 4.69) is 54.7 Å². The van der Waals surface area contributed by atoms with Gasteiger partial charge in [0.15, 0.2) is 0 Å². The Balaban J connectivity index is 1.59. The molecule has 0 amide bonds. The van der Waals surface area contributed by atoms with Gasteiger partial charge in [-0.1, -0.05) is 6.92 Å². The van der Waals surface area contributed by atoms with Crippen molar-refractivity contribution in [1.82, 2.24) is 29.5 Å². The molecule has 0 N–H and O–H groups in total. The number of piperazine rings is 1. The lowest BCUT2D eigenvalue weighted by Gasteiger charge is -2.37. The number of hydrogen-bond donors (Lipinski definition) is 0. The van der Waals surface area contributed by atoms with Gasteiger partial charge in [0, 0.05) is 49.2 Å². The van der Waals surface area contributed by atoms with Crippen LogP contribution in [-0.4, -0.2) is 55.7 Å². The van der Waals surface area contributed by atoms with Gasteiger partial charge in [0.25, 0.3) is 5.78 Å². The van der Waals surface area contributed by atoms with Crippen molar-refractivity contribution in [3.8, 4) is 0 Å². The zero-order valence-electron chi connectivity index (χ0n) is 15.8. The smallest absolute Gasteiger partial charge is 0.254 e. The number of hydrogen-bond acceptors (Lipinski definition) is 7. The van der Waals surface area contributed by atoms with E-state index in [4.69, 9.17) is 0 Å². The fraction of sp³-hybridized carbons (Fsp3) is 0.500. The zero-order valence-corrected chi connectivity index (χ0v) is 15.8. The van der Waals surface area contributed by atoms with Crippen molar-refractivity contribution in [3.05, 3.63) is 35.2 Å². The molecular weight excluding hydrogens is 328 g/mol. The molecule has 0 radical (unpaired) electrons. The van der Waals surface area contributed by atoms with Crippen molar-refractivity contribution in [3.63, 3.8) is 0 Å². The van der Waals surface area contributed by atoms with Crippen LogP contribution in [0.4, 0.5) is 11.6 Å². The number of nitrogens with zero attached hydrogens (tertiary/aromatic N) is 8. The summed E-state index contributed by atoms with van der Waals surface area (Å²) in [5.74, 6) is 3.62. The van der Waals surface area contributed by atoms with E-state index < -0.39 is 0 Å². The number of fused-ring (bicyclic) bond motifs is 1. The summed E-state index contributed by atoms with van der Waals surface area (Å²) in [5.41, 5.74) is 3.25. The van der Waals surface area contributed by atoms with Gasteiger partial charge in [-0.2, -0.15) is 14.6 Å². The second kappa shape index (κ2) is 6.51. The predicted molar refractivity (Wildman–Crippen MR) is 101 cm³/mol. The van der Waals surface area contributed by atoms with Crippen LogP contribution in [0.1, 0.15) is 29.7 Å². The van der Waals surface area contributed by atoms with Crippen molar-refractivity contribution >= 4 is 17.4 Å². The average Bonchev–Trinajstić information content (AvgIpc) is 3.10. The minimum Gasteiger partial charge on any atom is -0.353 e. The SMILES string of the molecule is CCc1cc(N2CCN(c3c(C)c(C)nc4ncnn34)CC2)nc(C)n1. The molecule has 3 aromatic rings. The standard InChI is InChI=1S/C18H24N8/c1-5-15-10-16(23-14(4)22-15)24-6-8-25(9-7-24)17-12(2)13(3)21-18-19-11-20-26(17)18/h10-11H,5-9H2,1-4H3. The summed E-state index contributed by atoms with van der Waals surface area (Å²) >= 11 is 0. The number of rotatable bonds is 3. The lowest BCUT2D eigenvalue weighted by molar-refractivity contribution is 0.629. The van der Waals surface area contributed by atoms with Gasteiger partial charge in [0.1, 0.15) is 23.8 Å². The Morgan fingerprint density at radius 2 is 1.69 bits per heavy atom. The summed E-state index contributed by atoms with van der Waals surface area (Å²) in [7, 11) is 0. The summed E-state index contributed by atoms with van der Waals surface area (Å²) in [6.07, 6.45) is 2.49. The molecule has 1 fully saturated rings. The predicted octanol–water partition coefficient (Wildman–Crippen LogP) is 1.73. The highest BCUT2D eigenvalue weighted by atomic mass is 15.4. The first-order valence-electron chi connectivity index (χ1n) is 9.08. The molecule has 136 valence electrons. The molecule has 8 nitrogen and oxygen atoms in total. The molecule has 8 heteroatoms. The van der Waals surface area contributed by atoms with Gasteiger partial charge in [0.2, 0.25) is 0 Å². The van der Waals surface area contributed by atoms with Crippen LogP contribution >= 0.6 is 0 Å². The lowest BCUT2D eigenvalue weighted by atomic mass is 10.2. The van der Waals surface area contributed by atoms with E-state index in [-0.39, 0.29) is 0 Å². The van der Waals surface area contributed by atoms with E-state index in [9.17, 15) is 0 Å². The molecule has 0 unspecified atom stereocenters.